The molecule has 1 aliphatic heterocycles. The Kier molecular flexibility index (Phi) is 5.40. The summed E-state index contributed by atoms with van der Waals surface area (Å²) in [6.45, 7) is 9.84. The van der Waals surface area contributed by atoms with Crippen LogP contribution in [0.2, 0.25) is 0 Å². The Morgan fingerprint density at radius 1 is 1.44 bits per heavy atom. The molecule has 2 nitrogen and oxygen atoms in total. The van der Waals surface area contributed by atoms with Gasteiger partial charge in [-0.2, -0.15) is 11.8 Å². The largest absolute Gasteiger partial charge is 0.313 e. The third-order valence-corrected chi connectivity index (χ3v) is 6.19. The standard InChI is InChI=1S/C15H30N2S/c1-4-9-17-10-5-6-14(11-17)13(2)16-12-15(18-3)7-8-15/h13-14,16H,4-12H2,1-3H3. The first-order chi connectivity index (χ1) is 8.69. The van der Waals surface area contributed by atoms with E-state index in [1.54, 1.807) is 0 Å². The highest BCUT2D eigenvalue weighted by atomic mass is 32.2. The van der Waals surface area contributed by atoms with Gasteiger partial charge in [0.25, 0.3) is 0 Å². The zero-order valence-electron chi connectivity index (χ0n) is 12.4. The number of thioether (sulfide) groups is 1. The number of hydrogen-bond acceptors (Lipinski definition) is 3. The Balaban J connectivity index is 1.72. The van der Waals surface area contributed by atoms with E-state index < -0.39 is 0 Å². The van der Waals surface area contributed by atoms with Crippen LogP contribution < -0.4 is 5.32 Å². The summed E-state index contributed by atoms with van der Waals surface area (Å²) in [5.74, 6) is 0.864. The van der Waals surface area contributed by atoms with E-state index in [-0.39, 0.29) is 0 Å². The summed E-state index contributed by atoms with van der Waals surface area (Å²) in [6.07, 6.45) is 9.21. The van der Waals surface area contributed by atoms with E-state index in [4.69, 9.17) is 0 Å². The fourth-order valence-electron chi connectivity index (χ4n) is 3.12. The zero-order chi connectivity index (χ0) is 13.0. The van der Waals surface area contributed by atoms with Gasteiger partial charge in [-0.25, -0.2) is 0 Å². The molecule has 1 heterocycles. The summed E-state index contributed by atoms with van der Waals surface area (Å²) >= 11 is 2.06. The fraction of sp³-hybridized carbons (Fsp3) is 1.00. The van der Waals surface area contributed by atoms with Crippen LogP contribution in [0.25, 0.3) is 0 Å². The van der Waals surface area contributed by atoms with E-state index in [2.05, 4.69) is 42.1 Å². The summed E-state index contributed by atoms with van der Waals surface area (Å²) in [5.41, 5.74) is 0. The van der Waals surface area contributed by atoms with Gasteiger partial charge in [-0.15, -0.1) is 0 Å². The molecule has 0 amide bonds. The number of nitrogens with zero attached hydrogens (tertiary/aromatic N) is 1. The minimum absolute atomic E-state index is 0.603. The normalized spacial score (nSPS) is 29.2. The monoisotopic (exact) mass is 270 g/mol. The molecule has 0 bridgehead atoms. The number of piperidine rings is 1. The van der Waals surface area contributed by atoms with Crippen LogP contribution in [-0.2, 0) is 0 Å². The first-order valence-electron chi connectivity index (χ1n) is 7.70. The minimum atomic E-state index is 0.603. The maximum Gasteiger partial charge on any atom is 0.0282 e. The van der Waals surface area contributed by atoms with E-state index in [0.29, 0.717) is 10.8 Å². The Bertz CT molecular complexity index is 251. The first-order valence-corrected chi connectivity index (χ1v) is 8.92. The van der Waals surface area contributed by atoms with Crippen LogP contribution in [0.5, 0.6) is 0 Å². The summed E-state index contributed by atoms with van der Waals surface area (Å²) in [4.78, 5) is 2.66. The molecule has 1 N–H and O–H groups in total. The van der Waals surface area contributed by atoms with E-state index in [1.807, 2.05) is 0 Å². The molecule has 2 atom stereocenters. The van der Waals surface area contributed by atoms with Crippen molar-refractivity contribution in [1.82, 2.24) is 10.2 Å². The van der Waals surface area contributed by atoms with Gasteiger partial charge in [0.1, 0.15) is 0 Å². The van der Waals surface area contributed by atoms with Gasteiger partial charge in [-0.1, -0.05) is 6.92 Å². The molecular weight excluding hydrogens is 240 g/mol. The van der Waals surface area contributed by atoms with Crippen molar-refractivity contribution in [3.05, 3.63) is 0 Å². The van der Waals surface area contributed by atoms with Gasteiger partial charge >= 0.3 is 0 Å². The molecule has 0 radical (unpaired) electrons. The average molecular weight is 270 g/mol. The van der Waals surface area contributed by atoms with Crippen molar-refractivity contribution in [2.45, 2.75) is 56.7 Å². The Hall–Kier alpha value is 0.270. The summed E-state index contributed by atoms with van der Waals surface area (Å²) in [7, 11) is 0. The number of hydrogen-bond donors (Lipinski definition) is 1. The predicted molar refractivity (Wildman–Crippen MR) is 82.4 cm³/mol. The van der Waals surface area contributed by atoms with Gasteiger partial charge < -0.3 is 10.2 Å². The molecule has 1 aliphatic carbocycles. The Morgan fingerprint density at radius 2 is 2.22 bits per heavy atom. The van der Waals surface area contributed by atoms with E-state index >= 15 is 0 Å². The lowest BCUT2D eigenvalue weighted by molar-refractivity contribution is 0.151. The van der Waals surface area contributed by atoms with Crippen molar-refractivity contribution in [1.29, 1.82) is 0 Å². The number of nitrogens with one attached hydrogen (secondary N) is 1. The molecule has 1 saturated heterocycles. The van der Waals surface area contributed by atoms with Crippen molar-refractivity contribution in [2.24, 2.45) is 5.92 Å². The Labute approximate surface area is 117 Å². The molecule has 18 heavy (non-hydrogen) atoms. The Morgan fingerprint density at radius 3 is 2.83 bits per heavy atom. The lowest BCUT2D eigenvalue weighted by Gasteiger charge is -2.36. The van der Waals surface area contributed by atoms with E-state index in [0.717, 1.165) is 5.92 Å². The molecule has 0 aromatic heterocycles. The van der Waals surface area contributed by atoms with Crippen molar-refractivity contribution < 1.29 is 0 Å². The molecule has 0 aromatic rings. The van der Waals surface area contributed by atoms with Crippen molar-refractivity contribution >= 4 is 11.8 Å². The smallest absolute Gasteiger partial charge is 0.0282 e. The highest BCUT2D eigenvalue weighted by Gasteiger charge is 2.42. The maximum atomic E-state index is 3.82. The van der Waals surface area contributed by atoms with Crippen molar-refractivity contribution in [3.8, 4) is 0 Å². The first kappa shape index (κ1) is 14.7. The van der Waals surface area contributed by atoms with E-state index in [9.17, 15) is 0 Å². The SMILES string of the molecule is CCCN1CCCC(C(C)NCC2(SC)CC2)C1. The highest BCUT2D eigenvalue weighted by Crippen LogP contribution is 2.46. The number of rotatable bonds is 7. The second kappa shape index (κ2) is 6.62. The fourth-order valence-corrected chi connectivity index (χ4v) is 3.86. The third-order valence-electron chi connectivity index (χ3n) is 4.78. The summed E-state index contributed by atoms with van der Waals surface area (Å²) in [6, 6.07) is 0.689. The molecule has 2 unspecified atom stereocenters. The molecule has 2 rings (SSSR count). The van der Waals surface area contributed by atoms with Crippen LogP contribution in [0, 0.1) is 5.92 Å². The molecule has 0 spiro atoms. The molecule has 1 saturated carbocycles. The lowest BCUT2D eigenvalue weighted by atomic mass is 9.91. The average Bonchev–Trinajstić information content (AvgIpc) is 3.17. The van der Waals surface area contributed by atoms with Crippen LogP contribution in [0.3, 0.4) is 0 Å². The molecule has 106 valence electrons. The predicted octanol–water partition coefficient (Wildman–Crippen LogP) is 2.98. The van der Waals surface area contributed by atoms with Crippen LogP contribution in [0.15, 0.2) is 0 Å². The molecular formula is C15H30N2S. The van der Waals surface area contributed by atoms with Crippen LogP contribution in [0.1, 0.15) is 46.0 Å². The van der Waals surface area contributed by atoms with Gasteiger partial charge in [0, 0.05) is 23.9 Å². The summed E-state index contributed by atoms with van der Waals surface area (Å²) < 4.78 is 0.603. The quantitative estimate of drug-likeness (QED) is 0.765. The van der Waals surface area contributed by atoms with Crippen LogP contribution >= 0.6 is 11.8 Å². The molecule has 3 heteroatoms. The van der Waals surface area contributed by atoms with Crippen LogP contribution in [-0.4, -0.2) is 48.1 Å². The van der Waals surface area contributed by atoms with Gasteiger partial charge in [-0.05, 0) is 64.3 Å². The number of likely N-dealkylation sites (tertiary alicyclic amines) is 1. The van der Waals surface area contributed by atoms with Gasteiger partial charge in [-0.3, -0.25) is 0 Å². The minimum Gasteiger partial charge on any atom is -0.313 e. The van der Waals surface area contributed by atoms with Crippen molar-refractivity contribution in [2.75, 3.05) is 32.4 Å². The van der Waals surface area contributed by atoms with Crippen LogP contribution in [0.4, 0.5) is 0 Å². The van der Waals surface area contributed by atoms with Gasteiger partial charge in [0.05, 0.1) is 0 Å². The maximum absolute atomic E-state index is 3.82. The van der Waals surface area contributed by atoms with E-state index in [1.165, 1.54) is 58.3 Å². The highest BCUT2D eigenvalue weighted by molar-refractivity contribution is 8.00. The van der Waals surface area contributed by atoms with Crippen molar-refractivity contribution in [3.63, 3.8) is 0 Å². The zero-order valence-corrected chi connectivity index (χ0v) is 13.2. The van der Waals surface area contributed by atoms with Gasteiger partial charge in [0.2, 0.25) is 0 Å². The summed E-state index contributed by atoms with van der Waals surface area (Å²) in [5, 5.41) is 3.82. The molecule has 2 fully saturated rings. The topological polar surface area (TPSA) is 15.3 Å². The second-order valence-corrected chi connectivity index (χ2v) is 7.53. The second-order valence-electron chi connectivity index (χ2n) is 6.26. The molecule has 2 aliphatic rings. The lowest BCUT2D eigenvalue weighted by Crippen LogP contribution is -2.46. The molecule has 0 aromatic carbocycles. The van der Waals surface area contributed by atoms with Gasteiger partial charge in [0.15, 0.2) is 0 Å². The third kappa shape index (κ3) is 3.88.